The van der Waals surface area contributed by atoms with E-state index in [1.54, 1.807) is 6.20 Å². The van der Waals surface area contributed by atoms with Crippen molar-refractivity contribution in [2.75, 3.05) is 6.61 Å². The molecule has 6 rings (SSSR count). The molecular weight excluding hydrogens is 454 g/mol. The van der Waals surface area contributed by atoms with Crippen molar-refractivity contribution in [1.29, 1.82) is 0 Å². The summed E-state index contributed by atoms with van der Waals surface area (Å²) in [5, 5.41) is 19.3. The van der Waals surface area contributed by atoms with Crippen molar-refractivity contribution in [3.63, 3.8) is 0 Å². The quantitative estimate of drug-likeness (QED) is 0.433. The molecule has 6 heteroatoms. The first kappa shape index (κ1) is 23.0. The van der Waals surface area contributed by atoms with Crippen LogP contribution in [0.4, 0.5) is 0 Å². The lowest BCUT2D eigenvalue weighted by molar-refractivity contribution is -0.139. The molecule has 3 aromatic rings. The SMILES string of the molecule is Cc1cc(OCCC2(O)CC2)cc(C)c1-c1cccc(COc2cc3c(cn2)C2C(C3)C2C(=O)O)c1. The Morgan fingerprint density at radius 3 is 2.61 bits per heavy atom. The van der Waals surface area contributed by atoms with Gasteiger partial charge in [0.2, 0.25) is 5.88 Å². The highest BCUT2D eigenvalue weighted by Crippen LogP contribution is 2.61. The molecule has 2 N–H and O–H groups in total. The Hall–Kier alpha value is -3.38. The third kappa shape index (κ3) is 4.35. The molecule has 0 bridgehead atoms. The normalized spacial score (nSPS) is 22.5. The summed E-state index contributed by atoms with van der Waals surface area (Å²) in [6.07, 6.45) is 5.03. The zero-order valence-corrected chi connectivity index (χ0v) is 20.7. The molecule has 1 aromatic heterocycles. The molecule has 36 heavy (non-hydrogen) atoms. The molecule has 2 saturated carbocycles. The van der Waals surface area contributed by atoms with E-state index >= 15 is 0 Å². The Balaban J connectivity index is 1.12. The van der Waals surface area contributed by atoms with Gasteiger partial charge in [-0.25, -0.2) is 4.98 Å². The molecule has 3 aliphatic rings. The molecule has 2 fully saturated rings. The van der Waals surface area contributed by atoms with E-state index in [1.807, 2.05) is 18.2 Å². The van der Waals surface area contributed by atoms with Crippen LogP contribution in [0.5, 0.6) is 11.6 Å². The smallest absolute Gasteiger partial charge is 0.307 e. The largest absolute Gasteiger partial charge is 0.493 e. The number of aryl methyl sites for hydroxylation is 2. The molecule has 3 atom stereocenters. The summed E-state index contributed by atoms with van der Waals surface area (Å²) < 4.78 is 11.9. The van der Waals surface area contributed by atoms with Gasteiger partial charge in [-0.2, -0.15) is 0 Å². The summed E-state index contributed by atoms with van der Waals surface area (Å²) in [6, 6.07) is 14.5. The van der Waals surface area contributed by atoms with Crippen LogP contribution in [0.25, 0.3) is 11.1 Å². The number of pyridine rings is 1. The van der Waals surface area contributed by atoms with E-state index in [2.05, 4.69) is 43.1 Å². The van der Waals surface area contributed by atoms with Gasteiger partial charge in [0.25, 0.3) is 0 Å². The number of aromatic nitrogens is 1. The number of fused-ring (bicyclic) bond motifs is 3. The van der Waals surface area contributed by atoms with E-state index in [9.17, 15) is 15.0 Å². The van der Waals surface area contributed by atoms with Crippen LogP contribution in [0.15, 0.2) is 48.7 Å². The second kappa shape index (κ2) is 8.63. The lowest BCUT2D eigenvalue weighted by Gasteiger charge is -2.16. The van der Waals surface area contributed by atoms with E-state index in [1.165, 1.54) is 11.1 Å². The number of carboxylic acid groups (broad SMARTS) is 1. The first-order valence-corrected chi connectivity index (χ1v) is 12.7. The molecule has 0 radical (unpaired) electrons. The maximum atomic E-state index is 11.3. The summed E-state index contributed by atoms with van der Waals surface area (Å²) in [5.41, 5.74) is 7.41. The molecule has 6 nitrogen and oxygen atoms in total. The van der Waals surface area contributed by atoms with Crippen molar-refractivity contribution in [1.82, 2.24) is 4.98 Å². The standard InChI is InChI=1S/C30H31NO5/c1-17-10-22(35-9-8-30(34)6-7-30)11-18(2)26(17)20-5-3-4-19(12-20)16-36-25-14-21-13-23-27(24(21)15-31-25)28(23)29(32)33/h3-5,10-12,14-15,23,27-28,34H,6-9,13,16H2,1-2H3,(H,32,33). The molecule has 0 saturated heterocycles. The number of ether oxygens (including phenoxy) is 2. The second-order valence-corrected chi connectivity index (χ2v) is 10.7. The molecule has 3 aliphatic carbocycles. The van der Waals surface area contributed by atoms with Gasteiger partial charge in [0, 0.05) is 24.6 Å². The number of aliphatic carboxylic acids is 1. The summed E-state index contributed by atoms with van der Waals surface area (Å²) in [6.45, 7) is 5.13. The van der Waals surface area contributed by atoms with Gasteiger partial charge >= 0.3 is 5.97 Å². The number of aliphatic hydroxyl groups is 1. The topological polar surface area (TPSA) is 88.9 Å². The van der Waals surface area contributed by atoms with Crippen LogP contribution in [0.2, 0.25) is 0 Å². The fourth-order valence-corrected chi connectivity index (χ4v) is 5.87. The number of hydrogen-bond acceptors (Lipinski definition) is 5. The third-order valence-corrected chi connectivity index (χ3v) is 8.04. The maximum absolute atomic E-state index is 11.3. The Kier molecular flexibility index (Phi) is 5.52. The van der Waals surface area contributed by atoms with Crippen LogP contribution in [0.3, 0.4) is 0 Å². The highest BCUT2D eigenvalue weighted by molar-refractivity contribution is 5.77. The Morgan fingerprint density at radius 2 is 1.89 bits per heavy atom. The molecule has 0 spiro atoms. The van der Waals surface area contributed by atoms with E-state index in [-0.39, 0.29) is 17.8 Å². The number of nitrogens with zero attached hydrogens (tertiary/aromatic N) is 1. The molecule has 2 aromatic carbocycles. The fourth-order valence-electron chi connectivity index (χ4n) is 5.87. The van der Waals surface area contributed by atoms with Crippen LogP contribution in [0, 0.1) is 25.7 Å². The molecule has 0 amide bonds. The van der Waals surface area contributed by atoms with Gasteiger partial charge in [0.05, 0.1) is 18.1 Å². The number of carboxylic acids is 1. The first-order valence-electron chi connectivity index (χ1n) is 12.7. The van der Waals surface area contributed by atoms with Gasteiger partial charge in [-0.1, -0.05) is 18.2 Å². The highest BCUT2D eigenvalue weighted by Gasteiger charge is 2.59. The maximum Gasteiger partial charge on any atom is 0.307 e. The fraction of sp³-hybridized carbons (Fsp3) is 0.400. The molecule has 0 aliphatic heterocycles. The van der Waals surface area contributed by atoms with Crippen molar-refractivity contribution < 1.29 is 24.5 Å². The summed E-state index contributed by atoms with van der Waals surface area (Å²) in [5.74, 6) is 0.834. The van der Waals surface area contributed by atoms with Gasteiger partial charge in [0.1, 0.15) is 12.4 Å². The van der Waals surface area contributed by atoms with Crippen molar-refractivity contribution in [2.45, 2.75) is 57.7 Å². The second-order valence-electron chi connectivity index (χ2n) is 10.7. The number of hydrogen-bond donors (Lipinski definition) is 2. The zero-order valence-electron chi connectivity index (χ0n) is 20.7. The number of rotatable bonds is 9. The average molecular weight is 486 g/mol. The number of benzene rings is 2. The summed E-state index contributed by atoms with van der Waals surface area (Å²) in [7, 11) is 0. The number of carbonyl (C=O) groups is 1. The minimum Gasteiger partial charge on any atom is -0.493 e. The summed E-state index contributed by atoms with van der Waals surface area (Å²) >= 11 is 0. The Labute approximate surface area is 210 Å². The van der Waals surface area contributed by atoms with Gasteiger partial charge < -0.3 is 19.7 Å². The van der Waals surface area contributed by atoms with Crippen molar-refractivity contribution >= 4 is 5.97 Å². The molecular formula is C30H31NO5. The van der Waals surface area contributed by atoms with E-state index in [0.29, 0.717) is 25.5 Å². The van der Waals surface area contributed by atoms with Crippen molar-refractivity contribution in [3.8, 4) is 22.8 Å². The lowest BCUT2D eigenvalue weighted by Crippen LogP contribution is -2.12. The Bertz CT molecular complexity index is 1320. The van der Waals surface area contributed by atoms with E-state index < -0.39 is 11.6 Å². The van der Waals surface area contributed by atoms with Gasteiger partial charge in [-0.3, -0.25) is 4.79 Å². The third-order valence-electron chi connectivity index (χ3n) is 8.04. The molecule has 186 valence electrons. The first-order chi connectivity index (χ1) is 17.3. The van der Waals surface area contributed by atoms with Gasteiger partial charge in [-0.05, 0) is 96.2 Å². The van der Waals surface area contributed by atoms with Crippen molar-refractivity contribution in [3.05, 3.63) is 76.5 Å². The molecule has 1 heterocycles. The minimum atomic E-state index is -0.698. The van der Waals surface area contributed by atoms with Gasteiger partial charge in [0.15, 0.2) is 0 Å². The van der Waals surface area contributed by atoms with Crippen LogP contribution in [-0.4, -0.2) is 33.4 Å². The monoisotopic (exact) mass is 485 g/mol. The van der Waals surface area contributed by atoms with E-state index in [4.69, 9.17) is 9.47 Å². The van der Waals surface area contributed by atoms with Crippen LogP contribution < -0.4 is 9.47 Å². The van der Waals surface area contributed by atoms with Crippen LogP contribution in [0.1, 0.15) is 53.0 Å². The average Bonchev–Trinajstić information content (AvgIpc) is 3.72. The predicted octanol–water partition coefficient (Wildman–Crippen LogP) is 5.21. The van der Waals surface area contributed by atoms with Gasteiger partial charge in [-0.15, -0.1) is 0 Å². The highest BCUT2D eigenvalue weighted by atomic mass is 16.5. The molecule has 3 unspecified atom stereocenters. The Morgan fingerprint density at radius 1 is 1.11 bits per heavy atom. The lowest BCUT2D eigenvalue weighted by atomic mass is 9.94. The summed E-state index contributed by atoms with van der Waals surface area (Å²) in [4.78, 5) is 15.8. The minimum absolute atomic E-state index is 0.128. The van der Waals surface area contributed by atoms with Crippen molar-refractivity contribution in [2.24, 2.45) is 11.8 Å². The van der Waals surface area contributed by atoms with E-state index in [0.717, 1.165) is 52.8 Å². The van der Waals surface area contributed by atoms with Crippen LogP contribution in [-0.2, 0) is 17.8 Å². The van der Waals surface area contributed by atoms with Crippen LogP contribution >= 0.6 is 0 Å². The predicted molar refractivity (Wildman–Crippen MR) is 135 cm³/mol. The zero-order chi connectivity index (χ0) is 25.0.